The van der Waals surface area contributed by atoms with Gasteiger partial charge in [0.2, 0.25) is 10.0 Å². The number of hydrogen-bond donors (Lipinski definition) is 2. The van der Waals surface area contributed by atoms with E-state index in [9.17, 15) is 18.5 Å². The fourth-order valence-electron chi connectivity index (χ4n) is 1.31. The van der Waals surface area contributed by atoms with Crippen LogP contribution < -0.4 is 5.73 Å². The lowest BCUT2D eigenvalue weighted by Gasteiger charge is -2.16. The number of aliphatic hydroxyl groups excluding tert-OH is 1. The highest BCUT2D eigenvalue weighted by molar-refractivity contribution is 7.89. The van der Waals surface area contributed by atoms with E-state index in [0.29, 0.717) is 0 Å². The molecule has 1 rings (SSSR count). The zero-order chi connectivity index (χ0) is 13.9. The van der Waals surface area contributed by atoms with Crippen LogP contribution in [0.3, 0.4) is 0 Å². The van der Waals surface area contributed by atoms with E-state index in [2.05, 4.69) is 0 Å². The van der Waals surface area contributed by atoms with Crippen molar-refractivity contribution in [3.63, 3.8) is 0 Å². The average Bonchev–Trinajstić information content (AvgIpc) is 2.28. The Bertz CT molecular complexity index is 557. The molecule has 0 aliphatic carbocycles. The maximum atomic E-state index is 12.0. The van der Waals surface area contributed by atoms with Crippen molar-refractivity contribution in [2.24, 2.45) is 0 Å². The minimum absolute atomic E-state index is 0.0846. The SMILES string of the molecule is CN(CCO)S(=O)(=O)c1ccc([N+](=O)[O-])cc1N. The number of nitrogens with zero attached hydrogens (tertiary/aromatic N) is 2. The minimum Gasteiger partial charge on any atom is -0.397 e. The highest BCUT2D eigenvalue weighted by Crippen LogP contribution is 2.25. The summed E-state index contributed by atoms with van der Waals surface area (Å²) in [7, 11) is -2.56. The summed E-state index contributed by atoms with van der Waals surface area (Å²) in [5.41, 5.74) is 5.03. The molecule has 9 heteroatoms. The van der Waals surface area contributed by atoms with E-state index in [0.717, 1.165) is 22.5 Å². The van der Waals surface area contributed by atoms with Crippen LogP contribution in [-0.4, -0.2) is 43.0 Å². The van der Waals surface area contributed by atoms with Crippen LogP contribution in [0.15, 0.2) is 23.1 Å². The molecule has 0 fully saturated rings. The predicted molar refractivity (Wildman–Crippen MR) is 64.4 cm³/mol. The third-order valence-corrected chi connectivity index (χ3v) is 4.24. The first-order valence-corrected chi connectivity index (χ1v) is 6.36. The Morgan fingerprint density at radius 1 is 1.50 bits per heavy atom. The number of nitro benzene ring substituents is 1. The minimum atomic E-state index is -3.85. The van der Waals surface area contributed by atoms with Crippen LogP contribution in [-0.2, 0) is 10.0 Å². The summed E-state index contributed by atoms with van der Waals surface area (Å²) in [6, 6.07) is 3.13. The number of likely N-dealkylation sites (N-methyl/N-ethyl adjacent to an activating group) is 1. The van der Waals surface area contributed by atoms with Gasteiger partial charge in [-0.1, -0.05) is 0 Å². The van der Waals surface area contributed by atoms with Crippen molar-refractivity contribution in [3.8, 4) is 0 Å². The van der Waals surface area contributed by atoms with Gasteiger partial charge < -0.3 is 10.8 Å². The van der Waals surface area contributed by atoms with E-state index in [-0.39, 0.29) is 29.4 Å². The van der Waals surface area contributed by atoms with E-state index in [4.69, 9.17) is 10.8 Å². The van der Waals surface area contributed by atoms with E-state index in [1.165, 1.54) is 7.05 Å². The molecule has 0 aromatic heterocycles. The fourth-order valence-corrected chi connectivity index (χ4v) is 2.57. The van der Waals surface area contributed by atoms with Crippen LogP contribution in [0.2, 0.25) is 0 Å². The smallest absolute Gasteiger partial charge is 0.271 e. The molecule has 1 aromatic carbocycles. The number of nitro groups is 1. The molecule has 1 aromatic rings. The Labute approximate surface area is 104 Å². The maximum absolute atomic E-state index is 12.0. The van der Waals surface area contributed by atoms with E-state index < -0.39 is 14.9 Å². The van der Waals surface area contributed by atoms with Crippen LogP contribution in [0, 0.1) is 10.1 Å². The summed E-state index contributed by atoms with van der Waals surface area (Å²) in [6.45, 7) is -0.415. The highest BCUT2D eigenvalue weighted by atomic mass is 32.2. The molecule has 0 bridgehead atoms. The van der Waals surface area contributed by atoms with E-state index in [1.807, 2.05) is 0 Å². The number of nitrogen functional groups attached to an aromatic ring is 1. The first kappa shape index (κ1) is 14.4. The molecule has 0 saturated heterocycles. The quantitative estimate of drug-likeness (QED) is 0.435. The predicted octanol–water partition coefficient (Wildman–Crippen LogP) is -0.210. The Morgan fingerprint density at radius 2 is 2.11 bits per heavy atom. The second kappa shape index (κ2) is 5.29. The first-order chi connectivity index (χ1) is 8.30. The Hall–Kier alpha value is -1.71. The topological polar surface area (TPSA) is 127 Å². The molecular weight excluding hydrogens is 262 g/mol. The van der Waals surface area contributed by atoms with Crippen molar-refractivity contribution < 1.29 is 18.4 Å². The molecule has 100 valence electrons. The molecule has 18 heavy (non-hydrogen) atoms. The normalized spacial score (nSPS) is 11.7. The number of nitrogens with two attached hydrogens (primary N) is 1. The lowest BCUT2D eigenvalue weighted by molar-refractivity contribution is -0.384. The summed E-state index contributed by atoms with van der Waals surface area (Å²) in [6.07, 6.45) is 0. The van der Waals surface area contributed by atoms with Gasteiger partial charge in [-0.2, -0.15) is 4.31 Å². The van der Waals surface area contributed by atoms with Gasteiger partial charge in [-0.05, 0) is 6.07 Å². The van der Waals surface area contributed by atoms with Crippen LogP contribution >= 0.6 is 0 Å². The van der Waals surface area contributed by atoms with Gasteiger partial charge in [0, 0.05) is 25.7 Å². The van der Waals surface area contributed by atoms with Gasteiger partial charge in [0.25, 0.3) is 5.69 Å². The molecule has 3 N–H and O–H groups in total. The van der Waals surface area contributed by atoms with Gasteiger partial charge in [-0.15, -0.1) is 0 Å². The van der Waals surface area contributed by atoms with Gasteiger partial charge >= 0.3 is 0 Å². The summed E-state index contributed by atoms with van der Waals surface area (Å²) < 4.78 is 24.9. The number of anilines is 1. The summed E-state index contributed by atoms with van der Waals surface area (Å²) >= 11 is 0. The summed E-state index contributed by atoms with van der Waals surface area (Å²) in [4.78, 5) is 9.63. The number of aliphatic hydroxyl groups is 1. The highest BCUT2D eigenvalue weighted by Gasteiger charge is 2.24. The summed E-state index contributed by atoms with van der Waals surface area (Å²) in [5, 5.41) is 19.2. The van der Waals surface area contributed by atoms with Crippen LogP contribution in [0.5, 0.6) is 0 Å². The van der Waals surface area contributed by atoms with Gasteiger partial charge in [0.1, 0.15) is 4.90 Å². The monoisotopic (exact) mass is 275 g/mol. The van der Waals surface area contributed by atoms with Crippen LogP contribution in [0.1, 0.15) is 0 Å². The number of rotatable bonds is 5. The lowest BCUT2D eigenvalue weighted by atomic mass is 10.3. The molecule has 0 heterocycles. The largest absolute Gasteiger partial charge is 0.397 e. The van der Waals surface area contributed by atoms with E-state index >= 15 is 0 Å². The Balaban J connectivity index is 3.22. The van der Waals surface area contributed by atoms with Crippen LogP contribution in [0.4, 0.5) is 11.4 Å². The number of sulfonamides is 1. The van der Waals surface area contributed by atoms with Crippen LogP contribution in [0.25, 0.3) is 0 Å². The molecular formula is C9H13N3O5S. The molecule has 8 nitrogen and oxygen atoms in total. The van der Waals surface area contributed by atoms with Gasteiger partial charge in [0.05, 0.1) is 17.2 Å². The second-order valence-corrected chi connectivity index (χ2v) is 5.54. The molecule has 0 amide bonds. The molecule has 0 saturated carbocycles. The molecule has 0 spiro atoms. The lowest BCUT2D eigenvalue weighted by Crippen LogP contribution is -2.30. The maximum Gasteiger partial charge on any atom is 0.271 e. The molecule has 0 aliphatic heterocycles. The third kappa shape index (κ3) is 2.75. The van der Waals surface area contributed by atoms with Crippen molar-refractivity contribution in [1.82, 2.24) is 4.31 Å². The van der Waals surface area contributed by atoms with Gasteiger partial charge in [-0.3, -0.25) is 10.1 Å². The van der Waals surface area contributed by atoms with E-state index in [1.54, 1.807) is 0 Å². The average molecular weight is 275 g/mol. The van der Waals surface area contributed by atoms with Crippen molar-refractivity contribution in [2.45, 2.75) is 4.90 Å². The third-order valence-electron chi connectivity index (χ3n) is 2.31. The van der Waals surface area contributed by atoms with Crippen molar-refractivity contribution >= 4 is 21.4 Å². The van der Waals surface area contributed by atoms with Gasteiger partial charge in [-0.25, -0.2) is 8.42 Å². The first-order valence-electron chi connectivity index (χ1n) is 4.92. The fraction of sp³-hybridized carbons (Fsp3) is 0.333. The number of hydrogen-bond acceptors (Lipinski definition) is 6. The molecule has 0 aliphatic rings. The zero-order valence-corrected chi connectivity index (χ0v) is 10.4. The van der Waals surface area contributed by atoms with Crippen molar-refractivity contribution in [2.75, 3.05) is 25.9 Å². The van der Waals surface area contributed by atoms with Crippen molar-refractivity contribution in [1.29, 1.82) is 0 Å². The Kier molecular flexibility index (Phi) is 4.22. The Morgan fingerprint density at radius 3 is 2.56 bits per heavy atom. The second-order valence-electron chi connectivity index (χ2n) is 3.53. The standard InChI is InChI=1S/C9H13N3O5S/c1-11(4-5-13)18(16,17)9-3-2-7(12(14)15)6-8(9)10/h2-3,6,13H,4-5,10H2,1H3. The van der Waals surface area contributed by atoms with Crippen molar-refractivity contribution in [3.05, 3.63) is 28.3 Å². The zero-order valence-electron chi connectivity index (χ0n) is 9.61. The number of non-ortho nitro benzene ring substituents is 1. The number of benzene rings is 1. The molecule has 0 radical (unpaired) electrons. The molecule has 0 atom stereocenters. The van der Waals surface area contributed by atoms with Gasteiger partial charge in [0.15, 0.2) is 0 Å². The summed E-state index contributed by atoms with van der Waals surface area (Å²) in [5.74, 6) is 0. The molecule has 0 unspecified atom stereocenters.